The van der Waals surface area contributed by atoms with Gasteiger partial charge < -0.3 is 10.0 Å². The van der Waals surface area contributed by atoms with Crippen LogP contribution >= 0.6 is 11.6 Å². The Morgan fingerprint density at radius 3 is 2.90 bits per heavy atom. The van der Waals surface area contributed by atoms with Crippen molar-refractivity contribution >= 4 is 23.3 Å². The third-order valence-corrected chi connectivity index (χ3v) is 4.70. The number of fused-ring (bicyclic) bond motifs is 1. The van der Waals surface area contributed by atoms with Gasteiger partial charge in [-0.3, -0.25) is 4.90 Å². The summed E-state index contributed by atoms with van der Waals surface area (Å²) in [5, 5.41) is 9.71. The molecule has 1 atom stereocenters. The van der Waals surface area contributed by atoms with Gasteiger partial charge in [0.2, 0.25) is 0 Å². The maximum atomic E-state index is 11.4. The quantitative estimate of drug-likeness (QED) is 0.911. The molecule has 108 valence electrons. The van der Waals surface area contributed by atoms with E-state index in [4.69, 9.17) is 11.6 Å². The Balaban J connectivity index is 1.86. The average Bonchev–Trinajstić information content (AvgIpc) is 2.46. The molecule has 2 fully saturated rings. The van der Waals surface area contributed by atoms with Gasteiger partial charge in [0.15, 0.2) is 0 Å². The van der Waals surface area contributed by atoms with E-state index in [-0.39, 0.29) is 5.56 Å². The maximum Gasteiger partial charge on any atom is 0.339 e. The minimum absolute atomic E-state index is 0.235. The third-order valence-electron chi connectivity index (χ3n) is 4.38. The van der Waals surface area contributed by atoms with Gasteiger partial charge in [-0.25, -0.2) is 4.79 Å². The van der Waals surface area contributed by atoms with Gasteiger partial charge in [0.05, 0.1) is 10.7 Å². The molecule has 5 heteroatoms. The second-order valence-corrected chi connectivity index (χ2v) is 5.98. The van der Waals surface area contributed by atoms with Crippen LogP contribution in [0.5, 0.6) is 0 Å². The smallest absolute Gasteiger partial charge is 0.339 e. The molecule has 2 heterocycles. The van der Waals surface area contributed by atoms with Crippen molar-refractivity contribution in [3.8, 4) is 0 Å². The van der Waals surface area contributed by atoms with E-state index >= 15 is 0 Å². The number of rotatable bonds is 2. The summed E-state index contributed by atoms with van der Waals surface area (Å²) in [5.74, 6) is -0.948. The Labute approximate surface area is 123 Å². The zero-order valence-electron chi connectivity index (χ0n) is 11.4. The van der Waals surface area contributed by atoms with Crippen LogP contribution in [0.3, 0.4) is 0 Å². The topological polar surface area (TPSA) is 43.8 Å². The van der Waals surface area contributed by atoms with Crippen molar-refractivity contribution in [1.82, 2.24) is 4.90 Å². The van der Waals surface area contributed by atoms with Crippen LogP contribution in [0.25, 0.3) is 0 Å². The highest BCUT2D eigenvalue weighted by Crippen LogP contribution is 2.31. The Kier molecular flexibility index (Phi) is 3.85. The summed E-state index contributed by atoms with van der Waals surface area (Å²) in [6.07, 6.45) is 3.77. The third kappa shape index (κ3) is 2.50. The van der Waals surface area contributed by atoms with Gasteiger partial charge in [0, 0.05) is 25.7 Å². The van der Waals surface area contributed by atoms with Gasteiger partial charge in [-0.1, -0.05) is 24.1 Å². The fourth-order valence-electron chi connectivity index (χ4n) is 3.36. The van der Waals surface area contributed by atoms with E-state index in [0.29, 0.717) is 11.1 Å². The standard InChI is InChI=1S/C15H19ClN2O2/c16-12-5-3-6-13(14(12)15(19)20)18-9-8-17-7-2-1-4-11(17)10-18/h3,5-6,11H,1-2,4,7-10H2,(H,19,20). The highest BCUT2D eigenvalue weighted by molar-refractivity contribution is 6.34. The second-order valence-electron chi connectivity index (χ2n) is 5.57. The van der Waals surface area contributed by atoms with Crippen molar-refractivity contribution in [3.05, 3.63) is 28.8 Å². The van der Waals surface area contributed by atoms with Crippen molar-refractivity contribution in [2.45, 2.75) is 25.3 Å². The molecule has 3 rings (SSSR count). The molecule has 1 aromatic carbocycles. The fraction of sp³-hybridized carbons (Fsp3) is 0.533. The molecule has 0 aliphatic carbocycles. The first-order valence-electron chi connectivity index (χ1n) is 7.17. The lowest BCUT2D eigenvalue weighted by Gasteiger charge is -2.45. The summed E-state index contributed by atoms with van der Waals surface area (Å²) in [5.41, 5.74) is 0.994. The monoisotopic (exact) mass is 294 g/mol. The van der Waals surface area contributed by atoms with Crippen LogP contribution in [0.1, 0.15) is 29.6 Å². The van der Waals surface area contributed by atoms with E-state index in [9.17, 15) is 9.90 Å². The first-order valence-corrected chi connectivity index (χ1v) is 7.55. The van der Waals surface area contributed by atoms with Crippen LogP contribution < -0.4 is 4.90 Å². The molecule has 1 N–H and O–H groups in total. The molecule has 0 amide bonds. The summed E-state index contributed by atoms with van der Waals surface area (Å²) in [4.78, 5) is 16.2. The van der Waals surface area contributed by atoms with Gasteiger partial charge >= 0.3 is 5.97 Å². The second kappa shape index (κ2) is 5.62. The Bertz CT molecular complexity index is 521. The van der Waals surface area contributed by atoms with Crippen molar-refractivity contribution in [1.29, 1.82) is 0 Å². The van der Waals surface area contributed by atoms with Gasteiger partial charge in [-0.2, -0.15) is 0 Å². The first kappa shape index (κ1) is 13.7. The number of hydrogen-bond donors (Lipinski definition) is 1. The number of benzene rings is 1. The molecule has 1 aromatic rings. The lowest BCUT2D eigenvalue weighted by Crippen LogP contribution is -2.55. The maximum absolute atomic E-state index is 11.4. The normalized spacial score (nSPS) is 23.4. The van der Waals surface area contributed by atoms with Crippen LogP contribution in [-0.2, 0) is 0 Å². The fourth-order valence-corrected chi connectivity index (χ4v) is 3.61. The van der Waals surface area contributed by atoms with Gasteiger partial charge in [0.25, 0.3) is 0 Å². The summed E-state index contributed by atoms with van der Waals surface area (Å²) < 4.78 is 0. The Morgan fingerprint density at radius 2 is 2.10 bits per heavy atom. The number of carboxylic acids is 1. The van der Waals surface area contributed by atoms with Gasteiger partial charge in [-0.15, -0.1) is 0 Å². The zero-order chi connectivity index (χ0) is 14.1. The molecule has 20 heavy (non-hydrogen) atoms. The van der Waals surface area contributed by atoms with E-state index in [0.717, 1.165) is 25.3 Å². The van der Waals surface area contributed by atoms with Crippen molar-refractivity contribution in [2.75, 3.05) is 31.1 Å². The van der Waals surface area contributed by atoms with E-state index < -0.39 is 5.97 Å². The number of carbonyl (C=O) groups is 1. The number of anilines is 1. The molecular weight excluding hydrogens is 276 g/mol. The molecule has 2 saturated heterocycles. The summed E-state index contributed by atoms with van der Waals surface area (Å²) >= 11 is 6.06. The molecule has 1 unspecified atom stereocenters. The molecule has 0 spiro atoms. The lowest BCUT2D eigenvalue weighted by molar-refractivity contribution is 0.0697. The molecule has 2 aliphatic rings. The van der Waals surface area contributed by atoms with Crippen molar-refractivity contribution in [2.24, 2.45) is 0 Å². The van der Waals surface area contributed by atoms with Crippen molar-refractivity contribution < 1.29 is 9.90 Å². The molecule has 2 aliphatic heterocycles. The number of carboxylic acid groups (broad SMARTS) is 1. The summed E-state index contributed by atoms with van der Waals surface area (Å²) in [7, 11) is 0. The molecule has 0 aromatic heterocycles. The van der Waals surface area contributed by atoms with E-state index in [1.807, 2.05) is 12.1 Å². The van der Waals surface area contributed by atoms with Crippen molar-refractivity contribution in [3.63, 3.8) is 0 Å². The minimum Gasteiger partial charge on any atom is -0.478 e. The molecule has 0 saturated carbocycles. The number of nitrogens with zero attached hydrogens (tertiary/aromatic N) is 2. The average molecular weight is 295 g/mol. The van der Waals surface area contributed by atoms with Gasteiger partial charge in [-0.05, 0) is 31.5 Å². The minimum atomic E-state index is -0.948. The zero-order valence-corrected chi connectivity index (χ0v) is 12.1. The predicted molar refractivity (Wildman–Crippen MR) is 79.8 cm³/mol. The number of piperazine rings is 1. The van der Waals surface area contributed by atoms with Crippen LogP contribution in [0.15, 0.2) is 18.2 Å². The summed E-state index contributed by atoms with van der Waals surface area (Å²) in [6.45, 7) is 3.97. The summed E-state index contributed by atoms with van der Waals surface area (Å²) in [6, 6.07) is 5.90. The van der Waals surface area contributed by atoms with Crippen LogP contribution in [0.4, 0.5) is 5.69 Å². The molecule has 0 radical (unpaired) electrons. The molecule has 4 nitrogen and oxygen atoms in total. The number of halogens is 1. The lowest BCUT2D eigenvalue weighted by atomic mass is 9.98. The SMILES string of the molecule is O=C(O)c1c(Cl)cccc1N1CCN2CCCCC2C1. The van der Waals surface area contributed by atoms with E-state index in [2.05, 4.69) is 9.80 Å². The van der Waals surface area contributed by atoms with Crippen LogP contribution in [0.2, 0.25) is 5.02 Å². The Hall–Kier alpha value is -1.26. The van der Waals surface area contributed by atoms with E-state index in [1.165, 1.54) is 25.8 Å². The number of hydrogen-bond acceptors (Lipinski definition) is 3. The van der Waals surface area contributed by atoms with Crippen LogP contribution in [0, 0.1) is 0 Å². The number of piperidine rings is 1. The largest absolute Gasteiger partial charge is 0.478 e. The number of aromatic carboxylic acids is 1. The molecule has 0 bridgehead atoms. The molecular formula is C15H19ClN2O2. The first-order chi connectivity index (χ1) is 9.66. The predicted octanol–water partition coefficient (Wildman–Crippen LogP) is 2.71. The van der Waals surface area contributed by atoms with Gasteiger partial charge in [0.1, 0.15) is 5.56 Å². The highest BCUT2D eigenvalue weighted by Gasteiger charge is 2.30. The Morgan fingerprint density at radius 1 is 1.25 bits per heavy atom. The highest BCUT2D eigenvalue weighted by atomic mass is 35.5. The van der Waals surface area contributed by atoms with E-state index in [1.54, 1.807) is 6.07 Å². The van der Waals surface area contributed by atoms with Crippen LogP contribution in [-0.4, -0.2) is 48.2 Å².